The van der Waals surface area contributed by atoms with Gasteiger partial charge < -0.3 is 14.8 Å². The molecule has 186 valence electrons. The zero-order valence-electron chi connectivity index (χ0n) is 19.5. The summed E-state index contributed by atoms with van der Waals surface area (Å²) in [5.41, 5.74) is 2.65. The number of hydrogen-bond acceptors (Lipinski definition) is 7. The smallest absolute Gasteiger partial charge is 0.262 e. The fourth-order valence-electron chi connectivity index (χ4n) is 4.65. The van der Waals surface area contributed by atoms with E-state index in [4.69, 9.17) is 9.47 Å². The highest BCUT2D eigenvalue weighted by Crippen LogP contribution is 2.28. The first-order valence-electron chi connectivity index (χ1n) is 11.9. The van der Waals surface area contributed by atoms with Gasteiger partial charge in [0, 0.05) is 24.1 Å². The van der Waals surface area contributed by atoms with E-state index in [0.717, 1.165) is 16.0 Å². The Morgan fingerprint density at radius 1 is 1.00 bits per heavy atom. The van der Waals surface area contributed by atoms with Gasteiger partial charge in [0.25, 0.3) is 17.7 Å². The van der Waals surface area contributed by atoms with Gasteiger partial charge in [-0.05, 0) is 49.1 Å². The molecule has 3 heterocycles. The molecule has 1 atom stereocenters. The molecule has 0 radical (unpaired) electrons. The Morgan fingerprint density at radius 2 is 1.78 bits per heavy atom. The highest BCUT2D eigenvalue weighted by Gasteiger charge is 2.44. The Morgan fingerprint density at radius 3 is 2.56 bits per heavy atom. The Balaban J connectivity index is 1.16. The number of benzene rings is 2. The molecule has 5 amide bonds. The Hall–Kier alpha value is -3.89. The third-order valence-electron chi connectivity index (χ3n) is 6.47. The SMILES string of the molecule is O=C1CCC(N2C(=O)c3ccc(CCCNC(=O)c4cccc(C5OCCO5)c4)cc3C2=O)C(=O)N1. The number of nitrogens with one attached hydrogen (secondary N) is 2. The van der Waals surface area contributed by atoms with Gasteiger partial charge in [-0.25, -0.2) is 0 Å². The molecule has 5 rings (SSSR count). The van der Waals surface area contributed by atoms with Crippen molar-refractivity contribution < 1.29 is 33.4 Å². The molecule has 2 aromatic rings. The number of piperidine rings is 1. The molecule has 10 nitrogen and oxygen atoms in total. The minimum Gasteiger partial charge on any atom is -0.352 e. The van der Waals surface area contributed by atoms with E-state index in [9.17, 15) is 24.0 Å². The average Bonchev–Trinajstić information content (AvgIpc) is 3.50. The van der Waals surface area contributed by atoms with Crippen LogP contribution >= 0.6 is 0 Å². The maximum atomic E-state index is 13.0. The molecule has 0 aliphatic carbocycles. The summed E-state index contributed by atoms with van der Waals surface area (Å²) in [5.74, 6) is -2.31. The van der Waals surface area contributed by atoms with E-state index >= 15 is 0 Å². The van der Waals surface area contributed by atoms with Crippen molar-refractivity contribution in [2.45, 2.75) is 38.0 Å². The van der Waals surface area contributed by atoms with Crippen molar-refractivity contribution in [2.75, 3.05) is 19.8 Å². The monoisotopic (exact) mass is 491 g/mol. The number of hydrogen-bond donors (Lipinski definition) is 2. The molecule has 0 aromatic heterocycles. The lowest BCUT2D eigenvalue weighted by atomic mass is 10.0. The van der Waals surface area contributed by atoms with Crippen LogP contribution in [0.1, 0.15) is 67.8 Å². The van der Waals surface area contributed by atoms with Crippen LogP contribution < -0.4 is 10.6 Å². The quantitative estimate of drug-likeness (QED) is 0.443. The fourth-order valence-corrected chi connectivity index (χ4v) is 4.65. The molecule has 3 aliphatic heterocycles. The number of carbonyl (C=O) groups is 5. The number of carbonyl (C=O) groups excluding carboxylic acids is 5. The number of nitrogens with zero attached hydrogens (tertiary/aromatic N) is 1. The number of ether oxygens (including phenoxy) is 2. The van der Waals surface area contributed by atoms with Crippen LogP contribution in [0.2, 0.25) is 0 Å². The van der Waals surface area contributed by atoms with Gasteiger partial charge in [-0.15, -0.1) is 0 Å². The molecule has 0 saturated carbocycles. The van der Waals surface area contributed by atoms with Crippen molar-refractivity contribution in [2.24, 2.45) is 0 Å². The summed E-state index contributed by atoms with van der Waals surface area (Å²) in [6, 6.07) is 11.2. The summed E-state index contributed by atoms with van der Waals surface area (Å²) in [4.78, 5) is 62.9. The van der Waals surface area contributed by atoms with E-state index in [2.05, 4.69) is 10.6 Å². The molecule has 3 aliphatic rings. The van der Waals surface area contributed by atoms with E-state index in [1.165, 1.54) is 0 Å². The standard InChI is InChI=1S/C26H25N3O7/c30-21-9-8-20(23(32)28-21)29-24(33)18-7-6-15(13-19(18)25(29)34)3-2-10-27-22(31)16-4-1-5-17(14-16)26-35-11-12-36-26/h1,4-7,13-14,20,26H,2-3,8-12H2,(H,27,31)(H,28,30,32). The van der Waals surface area contributed by atoms with Crippen LogP contribution in [0, 0.1) is 0 Å². The van der Waals surface area contributed by atoms with E-state index < -0.39 is 36.0 Å². The van der Waals surface area contributed by atoms with Gasteiger partial charge in [0.05, 0.1) is 24.3 Å². The van der Waals surface area contributed by atoms with Crippen molar-refractivity contribution >= 4 is 29.5 Å². The first-order chi connectivity index (χ1) is 17.4. The molecule has 2 N–H and O–H groups in total. The van der Waals surface area contributed by atoms with Crippen molar-refractivity contribution in [3.05, 3.63) is 70.3 Å². The van der Waals surface area contributed by atoms with Gasteiger partial charge in [0.2, 0.25) is 11.8 Å². The van der Waals surface area contributed by atoms with Crippen molar-refractivity contribution in [1.29, 1.82) is 0 Å². The molecular weight excluding hydrogens is 466 g/mol. The summed E-state index contributed by atoms with van der Waals surface area (Å²) in [5, 5.41) is 5.08. The van der Waals surface area contributed by atoms with Gasteiger partial charge in [-0.2, -0.15) is 0 Å². The molecule has 10 heteroatoms. The van der Waals surface area contributed by atoms with Gasteiger partial charge in [0.1, 0.15) is 6.04 Å². The van der Waals surface area contributed by atoms with Gasteiger partial charge in [0.15, 0.2) is 6.29 Å². The first-order valence-corrected chi connectivity index (χ1v) is 11.9. The predicted octanol–water partition coefficient (Wildman–Crippen LogP) is 1.50. The normalized spacial score (nSPS) is 20.0. The van der Waals surface area contributed by atoms with E-state index in [1.54, 1.807) is 36.4 Å². The van der Waals surface area contributed by atoms with Crippen LogP contribution in [0.3, 0.4) is 0 Å². The second-order valence-electron chi connectivity index (χ2n) is 8.89. The number of rotatable bonds is 7. The van der Waals surface area contributed by atoms with Gasteiger partial charge in [-0.1, -0.05) is 18.2 Å². The summed E-state index contributed by atoms with van der Waals surface area (Å²) in [6.07, 6.45) is 0.951. The Kier molecular flexibility index (Phi) is 6.62. The van der Waals surface area contributed by atoms with E-state index in [-0.39, 0.29) is 29.9 Å². The molecule has 36 heavy (non-hydrogen) atoms. The third kappa shape index (κ3) is 4.65. The number of fused-ring (bicyclic) bond motifs is 1. The highest BCUT2D eigenvalue weighted by atomic mass is 16.7. The zero-order chi connectivity index (χ0) is 25.2. The van der Waals surface area contributed by atoms with Crippen LogP contribution in [0.15, 0.2) is 42.5 Å². The topological polar surface area (TPSA) is 131 Å². The molecule has 2 aromatic carbocycles. The summed E-state index contributed by atoms with van der Waals surface area (Å²) in [7, 11) is 0. The van der Waals surface area contributed by atoms with Crippen LogP contribution in [-0.2, 0) is 25.5 Å². The predicted molar refractivity (Wildman–Crippen MR) is 125 cm³/mol. The lowest BCUT2D eigenvalue weighted by Gasteiger charge is -2.27. The van der Waals surface area contributed by atoms with Crippen LogP contribution in [-0.4, -0.2) is 60.2 Å². The summed E-state index contributed by atoms with van der Waals surface area (Å²) in [6.45, 7) is 1.48. The molecule has 1 unspecified atom stereocenters. The average molecular weight is 492 g/mol. The van der Waals surface area contributed by atoms with Crippen molar-refractivity contribution in [1.82, 2.24) is 15.5 Å². The van der Waals surface area contributed by atoms with Crippen LogP contribution in [0.5, 0.6) is 0 Å². The lowest BCUT2D eigenvalue weighted by molar-refractivity contribution is -0.136. The molecule has 2 fully saturated rings. The highest BCUT2D eigenvalue weighted by molar-refractivity contribution is 6.23. The van der Waals surface area contributed by atoms with Gasteiger partial charge >= 0.3 is 0 Å². The Bertz CT molecular complexity index is 1250. The lowest BCUT2D eigenvalue weighted by Crippen LogP contribution is -2.54. The second-order valence-corrected chi connectivity index (χ2v) is 8.89. The number of imide groups is 2. The first kappa shape index (κ1) is 23.8. The van der Waals surface area contributed by atoms with Gasteiger partial charge in [-0.3, -0.25) is 34.2 Å². The molecule has 0 spiro atoms. The van der Waals surface area contributed by atoms with Crippen molar-refractivity contribution in [3.8, 4) is 0 Å². The largest absolute Gasteiger partial charge is 0.352 e. The maximum Gasteiger partial charge on any atom is 0.262 e. The fraction of sp³-hybridized carbons (Fsp3) is 0.346. The van der Waals surface area contributed by atoms with E-state index in [0.29, 0.717) is 38.2 Å². The summed E-state index contributed by atoms with van der Waals surface area (Å²) < 4.78 is 11.0. The molecule has 2 saturated heterocycles. The van der Waals surface area contributed by atoms with Crippen molar-refractivity contribution in [3.63, 3.8) is 0 Å². The zero-order valence-corrected chi connectivity index (χ0v) is 19.5. The minimum absolute atomic E-state index is 0.0766. The van der Waals surface area contributed by atoms with Crippen LogP contribution in [0.4, 0.5) is 0 Å². The second kappa shape index (κ2) is 10.00. The summed E-state index contributed by atoms with van der Waals surface area (Å²) >= 11 is 0. The third-order valence-corrected chi connectivity index (χ3v) is 6.47. The Labute approximate surface area is 206 Å². The molecule has 0 bridgehead atoms. The van der Waals surface area contributed by atoms with E-state index in [1.807, 2.05) is 6.07 Å². The number of aryl methyl sites for hydroxylation is 1. The number of amides is 5. The minimum atomic E-state index is -0.987. The maximum absolute atomic E-state index is 13.0. The van der Waals surface area contributed by atoms with Crippen LogP contribution in [0.25, 0.3) is 0 Å². The molecular formula is C26H25N3O7.